The number of amides is 1. The molecule has 10 nitrogen and oxygen atoms in total. The Hall–Kier alpha value is -1.77. The van der Waals surface area contributed by atoms with Gasteiger partial charge in [-0.05, 0) is 100.0 Å². The molecule has 0 spiro atoms. The van der Waals surface area contributed by atoms with E-state index in [9.17, 15) is 21.6 Å². The van der Waals surface area contributed by atoms with Gasteiger partial charge in [-0.1, -0.05) is 35.3 Å². The van der Waals surface area contributed by atoms with E-state index < -0.39 is 20.0 Å². The van der Waals surface area contributed by atoms with Crippen molar-refractivity contribution >= 4 is 54.8 Å². The number of ether oxygens (including phenoxy) is 1. The van der Waals surface area contributed by atoms with Crippen LogP contribution in [0.4, 0.5) is 5.69 Å². The summed E-state index contributed by atoms with van der Waals surface area (Å²) < 4.78 is 57.1. The molecule has 244 valence electrons. The highest BCUT2D eigenvalue weighted by atomic mass is 35.5. The van der Waals surface area contributed by atoms with Gasteiger partial charge in [-0.3, -0.25) is 4.79 Å². The van der Waals surface area contributed by atoms with E-state index >= 15 is 0 Å². The van der Waals surface area contributed by atoms with Crippen LogP contribution < -0.4 is 9.62 Å². The summed E-state index contributed by atoms with van der Waals surface area (Å²) in [4.78, 5) is 18.1. The molecule has 4 rings (SSSR count). The molecule has 0 unspecified atom stereocenters. The van der Waals surface area contributed by atoms with Crippen LogP contribution in [0, 0.1) is 11.8 Å². The second kappa shape index (κ2) is 15.7. The van der Waals surface area contributed by atoms with E-state index in [4.69, 9.17) is 27.9 Å². The highest BCUT2D eigenvalue weighted by Gasteiger charge is 2.32. The van der Waals surface area contributed by atoms with E-state index in [1.165, 1.54) is 17.7 Å². The summed E-state index contributed by atoms with van der Waals surface area (Å²) in [6, 6.07) is 12.3. The minimum absolute atomic E-state index is 0.0106. The van der Waals surface area contributed by atoms with Crippen LogP contribution >= 0.6 is 23.2 Å². The maximum Gasteiger partial charge on any atom is 0.242 e. The fourth-order valence-electron chi connectivity index (χ4n) is 5.90. The van der Waals surface area contributed by atoms with E-state index in [2.05, 4.69) is 9.62 Å². The lowest BCUT2D eigenvalue weighted by Crippen LogP contribution is -2.45. The van der Waals surface area contributed by atoms with Crippen LogP contribution in [0.1, 0.15) is 37.7 Å². The molecule has 0 bridgehead atoms. The van der Waals surface area contributed by atoms with E-state index in [0.717, 1.165) is 50.9 Å². The van der Waals surface area contributed by atoms with Crippen molar-refractivity contribution in [1.29, 1.82) is 0 Å². The van der Waals surface area contributed by atoms with Crippen molar-refractivity contribution in [3.8, 4) is 0 Å². The topological polar surface area (TPSA) is 116 Å². The van der Waals surface area contributed by atoms with E-state index in [1.54, 1.807) is 35.2 Å². The Balaban J connectivity index is 1.28. The van der Waals surface area contributed by atoms with Gasteiger partial charge >= 0.3 is 0 Å². The standard InChI is InChI=1S/C30H42Cl2N4O6S2/c1-42-22-33-44(40,41)27-7-4-23(5-8-27)20-24-10-16-34(17-11-24)14-3-15-36(26-6-9-28(31)29(32)21-26)30(37)25-12-18-35(19-13-25)43(2,38)39/h4-9,21,24-25,33H,3,10-20,22H2,1-2H3. The zero-order chi connectivity index (χ0) is 31.9. The van der Waals surface area contributed by atoms with Gasteiger partial charge in [-0.25, -0.2) is 21.1 Å². The number of piperidine rings is 2. The molecule has 1 amide bonds. The Morgan fingerprint density at radius 3 is 2.20 bits per heavy atom. The molecule has 2 aliphatic rings. The Morgan fingerprint density at radius 2 is 1.61 bits per heavy atom. The number of nitrogens with zero attached hydrogens (tertiary/aromatic N) is 3. The molecule has 2 aromatic rings. The van der Waals surface area contributed by atoms with Crippen LogP contribution in [0.25, 0.3) is 0 Å². The SMILES string of the molecule is COCNS(=O)(=O)c1ccc(CC2CCN(CCCN(C(=O)C3CCN(S(C)(=O)=O)CC3)c3ccc(Cl)c(Cl)c3)CC2)cc1. The first-order chi connectivity index (χ1) is 20.9. The predicted octanol–water partition coefficient (Wildman–Crippen LogP) is 4.23. The number of carbonyl (C=O) groups is 1. The van der Waals surface area contributed by atoms with Crippen LogP contribution in [0.3, 0.4) is 0 Å². The van der Waals surface area contributed by atoms with Crippen molar-refractivity contribution in [1.82, 2.24) is 13.9 Å². The highest BCUT2D eigenvalue weighted by molar-refractivity contribution is 7.89. The van der Waals surface area contributed by atoms with Gasteiger partial charge in [0.25, 0.3) is 0 Å². The van der Waals surface area contributed by atoms with Crippen LogP contribution in [-0.2, 0) is 36.0 Å². The number of carbonyl (C=O) groups excluding carboxylic acids is 1. The summed E-state index contributed by atoms with van der Waals surface area (Å²) in [5.41, 5.74) is 1.81. The molecule has 0 aromatic heterocycles. The van der Waals surface area contributed by atoms with Gasteiger partial charge in [-0.2, -0.15) is 4.72 Å². The van der Waals surface area contributed by atoms with Crippen molar-refractivity contribution in [2.75, 3.05) is 64.3 Å². The Morgan fingerprint density at radius 1 is 0.955 bits per heavy atom. The first kappa shape index (κ1) is 35.1. The summed E-state index contributed by atoms with van der Waals surface area (Å²) in [6.45, 7) is 3.91. The van der Waals surface area contributed by atoms with Gasteiger partial charge in [-0.15, -0.1) is 0 Å². The third kappa shape index (κ3) is 9.62. The first-order valence-electron chi connectivity index (χ1n) is 14.9. The maximum absolute atomic E-state index is 13.7. The average Bonchev–Trinajstić information content (AvgIpc) is 3.00. The summed E-state index contributed by atoms with van der Waals surface area (Å²) in [6.07, 6.45) is 5.95. The fourth-order valence-corrected chi connectivity index (χ4v) is 8.00. The van der Waals surface area contributed by atoms with Crippen LogP contribution in [0.5, 0.6) is 0 Å². The molecule has 2 aliphatic heterocycles. The maximum atomic E-state index is 13.7. The van der Waals surface area contributed by atoms with Gasteiger partial charge in [0, 0.05) is 38.3 Å². The van der Waals surface area contributed by atoms with Crippen molar-refractivity contribution in [3.63, 3.8) is 0 Å². The van der Waals surface area contributed by atoms with E-state index in [1.807, 2.05) is 12.1 Å². The largest absolute Gasteiger partial charge is 0.369 e. The molecular weight excluding hydrogens is 647 g/mol. The minimum atomic E-state index is -3.58. The molecular formula is C30H42Cl2N4O6S2. The number of hydrogen-bond donors (Lipinski definition) is 1. The zero-order valence-electron chi connectivity index (χ0n) is 25.3. The molecule has 0 aliphatic carbocycles. The summed E-state index contributed by atoms with van der Waals surface area (Å²) >= 11 is 12.5. The monoisotopic (exact) mass is 688 g/mol. The zero-order valence-corrected chi connectivity index (χ0v) is 28.4. The molecule has 14 heteroatoms. The van der Waals surface area contributed by atoms with Gasteiger partial charge in [0.15, 0.2) is 0 Å². The normalized spacial score (nSPS) is 18.0. The number of sulfonamides is 2. The minimum Gasteiger partial charge on any atom is -0.369 e. The average molecular weight is 690 g/mol. The summed E-state index contributed by atoms with van der Waals surface area (Å²) in [5, 5.41) is 0.808. The molecule has 2 aromatic carbocycles. The lowest BCUT2D eigenvalue weighted by Gasteiger charge is -2.35. The van der Waals surface area contributed by atoms with Crippen LogP contribution in [0.2, 0.25) is 10.0 Å². The number of likely N-dealkylation sites (tertiary alicyclic amines) is 1. The molecule has 1 N–H and O–H groups in total. The summed E-state index contributed by atoms with van der Waals surface area (Å²) in [7, 11) is -5.42. The van der Waals surface area contributed by atoms with Crippen molar-refractivity contribution in [3.05, 3.63) is 58.1 Å². The quantitative estimate of drug-likeness (QED) is 0.313. The van der Waals surface area contributed by atoms with Crippen molar-refractivity contribution in [2.45, 2.75) is 43.4 Å². The number of rotatable bonds is 13. The van der Waals surface area contributed by atoms with Crippen molar-refractivity contribution < 1.29 is 26.4 Å². The predicted molar refractivity (Wildman–Crippen MR) is 174 cm³/mol. The fraction of sp³-hybridized carbons (Fsp3) is 0.567. The van der Waals surface area contributed by atoms with Gasteiger partial charge in [0.1, 0.15) is 6.73 Å². The van der Waals surface area contributed by atoms with Crippen LogP contribution in [0.15, 0.2) is 47.4 Å². The molecule has 2 heterocycles. The van der Waals surface area contributed by atoms with Crippen LogP contribution in [-0.4, -0.2) is 91.3 Å². The first-order valence-corrected chi connectivity index (χ1v) is 19.0. The molecule has 44 heavy (non-hydrogen) atoms. The van der Waals surface area contributed by atoms with Gasteiger partial charge in [0.2, 0.25) is 26.0 Å². The van der Waals surface area contributed by atoms with Gasteiger partial charge in [0.05, 0.1) is 21.2 Å². The number of anilines is 1. The summed E-state index contributed by atoms with van der Waals surface area (Å²) in [5.74, 6) is 0.255. The van der Waals surface area contributed by atoms with E-state index in [-0.39, 0.29) is 23.5 Å². The molecule has 0 saturated carbocycles. The van der Waals surface area contributed by atoms with E-state index in [0.29, 0.717) is 54.1 Å². The number of methoxy groups -OCH3 is 1. The Kier molecular flexibility index (Phi) is 12.5. The lowest BCUT2D eigenvalue weighted by molar-refractivity contribution is -0.123. The number of benzene rings is 2. The van der Waals surface area contributed by atoms with Crippen molar-refractivity contribution in [2.24, 2.45) is 11.8 Å². The third-order valence-corrected chi connectivity index (χ3v) is 11.9. The number of halogens is 2. The second-order valence-electron chi connectivity index (χ2n) is 11.6. The molecule has 2 fully saturated rings. The second-order valence-corrected chi connectivity index (χ2v) is 16.2. The lowest BCUT2D eigenvalue weighted by atomic mass is 9.90. The molecule has 0 atom stereocenters. The highest BCUT2D eigenvalue weighted by Crippen LogP contribution is 2.30. The van der Waals surface area contributed by atoms with Gasteiger partial charge < -0.3 is 14.5 Å². The number of hydrogen-bond acceptors (Lipinski definition) is 7. The Bertz CT molecular complexity index is 1480. The number of nitrogens with one attached hydrogen (secondary N) is 1. The third-order valence-electron chi connectivity index (χ3n) is 8.47. The molecule has 0 radical (unpaired) electrons. The smallest absolute Gasteiger partial charge is 0.242 e. The molecule has 2 saturated heterocycles. The Labute approximate surface area is 271 Å².